The first-order valence-electron chi connectivity index (χ1n) is 11.8. The van der Waals surface area contributed by atoms with Crippen LogP contribution in [0, 0.1) is 6.92 Å². The van der Waals surface area contributed by atoms with Crippen LogP contribution in [-0.4, -0.2) is 75.5 Å². The third kappa shape index (κ3) is 5.93. The lowest BCUT2D eigenvalue weighted by Crippen LogP contribution is -2.62. The zero-order valence-electron chi connectivity index (χ0n) is 21.0. The van der Waals surface area contributed by atoms with Crippen molar-refractivity contribution in [2.75, 3.05) is 13.1 Å². The number of sulfonamides is 1. The van der Waals surface area contributed by atoms with Crippen molar-refractivity contribution >= 4 is 95.8 Å². The van der Waals surface area contributed by atoms with Gasteiger partial charge in [-0.3, -0.25) is 19.4 Å². The summed E-state index contributed by atoms with van der Waals surface area (Å²) >= 11 is 7.16. The fourth-order valence-corrected chi connectivity index (χ4v) is 7.40. The van der Waals surface area contributed by atoms with Crippen molar-refractivity contribution in [1.82, 2.24) is 24.2 Å². The van der Waals surface area contributed by atoms with E-state index in [0.29, 0.717) is 26.1 Å². The molecule has 3 aromatic heterocycles. The zero-order valence-corrected chi connectivity index (χ0v) is 25.8. The molecule has 1 aliphatic rings. The number of amides is 3. The number of hydrogen-bond acceptors (Lipinski definition) is 8. The highest BCUT2D eigenvalue weighted by Crippen LogP contribution is 2.31. The number of primary amides is 2. The van der Waals surface area contributed by atoms with Crippen LogP contribution >= 0.6 is 46.9 Å². The number of aromatic amines is 1. The molecule has 0 spiro atoms. The predicted molar refractivity (Wildman–Crippen MR) is 161 cm³/mol. The highest BCUT2D eigenvalue weighted by molar-refractivity contribution is 14.0. The van der Waals surface area contributed by atoms with E-state index in [-0.39, 0.29) is 59.9 Å². The van der Waals surface area contributed by atoms with Gasteiger partial charge in [0, 0.05) is 53.7 Å². The van der Waals surface area contributed by atoms with Gasteiger partial charge in [0.1, 0.15) is 5.03 Å². The number of nitrogens with one attached hydrogen (secondary N) is 1. The summed E-state index contributed by atoms with van der Waals surface area (Å²) in [4.78, 5) is 50.7. The lowest BCUT2D eigenvalue weighted by Gasteiger charge is -2.45. The van der Waals surface area contributed by atoms with Crippen LogP contribution in [0.15, 0.2) is 41.6 Å². The molecule has 5 N–H and O–H groups in total. The Labute approximate surface area is 255 Å². The smallest absolute Gasteiger partial charge is 0.283 e. The van der Waals surface area contributed by atoms with Gasteiger partial charge in [0.15, 0.2) is 5.01 Å². The number of rotatable bonds is 7. The van der Waals surface area contributed by atoms with Gasteiger partial charge in [0.2, 0.25) is 11.8 Å². The van der Waals surface area contributed by atoms with Crippen molar-refractivity contribution in [2.45, 2.75) is 36.9 Å². The first-order valence-corrected chi connectivity index (χ1v) is 14.5. The molecule has 12 nitrogen and oxygen atoms in total. The fourth-order valence-electron chi connectivity index (χ4n) is 4.83. The normalized spacial score (nSPS) is 18.1. The number of halogens is 2. The number of hydrogen-bond donors (Lipinski definition) is 3. The molecule has 5 rings (SSSR count). The molecule has 0 radical (unpaired) electrons. The number of piperazine rings is 1. The largest absolute Gasteiger partial charge is 0.370 e. The Kier molecular flexibility index (Phi) is 8.70. The zero-order chi connectivity index (χ0) is 28.1. The Morgan fingerprint density at radius 3 is 2.38 bits per heavy atom. The number of carbonyl (C=O) groups is 3. The van der Waals surface area contributed by atoms with Crippen molar-refractivity contribution < 1.29 is 22.8 Å². The molecule has 1 aromatic carbocycles. The van der Waals surface area contributed by atoms with Crippen molar-refractivity contribution in [1.29, 1.82) is 0 Å². The molecule has 16 heteroatoms. The Balaban J connectivity index is 0.00000370. The monoisotopic (exact) mass is 717 g/mol. The maximum Gasteiger partial charge on any atom is 0.283 e. The molecule has 1 saturated heterocycles. The number of aromatic nitrogens is 3. The van der Waals surface area contributed by atoms with E-state index in [1.54, 1.807) is 37.4 Å². The van der Waals surface area contributed by atoms with Crippen LogP contribution in [0.2, 0.25) is 5.02 Å². The van der Waals surface area contributed by atoms with Gasteiger partial charge in [-0.2, -0.15) is 4.31 Å². The molecule has 1 aliphatic heterocycles. The highest BCUT2D eigenvalue weighted by Gasteiger charge is 2.44. The maximum absolute atomic E-state index is 13.8. The summed E-state index contributed by atoms with van der Waals surface area (Å²) in [5.41, 5.74) is 12.9. The molecule has 0 bridgehead atoms. The quantitative estimate of drug-likeness (QED) is 0.245. The maximum atomic E-state index is 13.8. The minimum absolute atomic E-state index is 0. The summed E-state index contributed by atoms with van der Waals surface area (Å²) in [6, 6.07) is 6.19. The van der Waals surface area contributed by atoms with Crippen LogP contribution in [0.4, 0.5) is 0 Å². The highest BCUT2D eigenvalue weighted by atomic mass is 127. The van der Waals surface area contributed by atoms with E-state index in [9.17, 15) is 22.8 Å². The van der Waals surface area contributed by atoms with Crippen LogP contribution in [0.5, 0.6) is 0 Å². The summed E-state index contributed by atoms with van der Waals surface area (Å²) in [7, 11) is -4.14. The molecule has 1 fully saturated rings. The fraction of sp³-hybridized carbons (Fsp3) is 0.292. The van der Waals surface area contributed by atoms with Gasteiger partial charge < -0.3 is 21.4 Å². The lowest BCUT2D eigenvalue weighted by atomic mass is 10.0. The van der Waals surface area contributed by atoms with Crippen LogP contribution in [0.25, 0.3) is 21.1 Å². The van der Waals surface area contributed by atoms with E-state index < -0.39 is 39.8 Å². The average molecular weight is 718 g/mol. The van der Waals surface area contributed by atoms with E-state index in [1.807, 2.05) is 0 Å². The number of nitrogens with zero attached hydrogens (tertiary/aromatic N) is 4. The number of nitrogens with two attached hydrogens (primary N) is 2. The van der Waals surface area contributed by atoms with Crippen molar-refractivity contribution in [2.24, 2.45) is 11.5 Å². The van der Waals surface area contributed by atoms with Crippen LogP contribution in [0.3, 0.4) is 0 Å². The second-order valence-electron chi connectivity index (χ2n) is 9.36. The lowest BCUT2D eigenvalue weighted by molar-refractivity contribution is -0.120. The second kappa shape index (κ2) is 11.6. The molecule has 2 atom stereocenters. The molecule has 40 heavy (non-hydrogen) atoms. The molecule has 4 heterocycles. The number of carbonyl (C=O) groups excluding carboxylic acids is 3. The SMILES string of the molecule is Cc1cc2nc(C(=O)N3C(CC(N)=O)CN(S(=O)(=O)c4cc5cc(Cl)ccc5[nH]4)CC3CC(N)=O)sc2cn1.I. The number of fused-ring (bicyclic) bond motifs is 2. The van der Waals surface area contributed by atoms with Crippen molar-refractivity contribution in [3.63, 3.8) is 0 Å². The van der Waals surface area contributed by atoms with Gasteiger partial charge in [0.25, 0.3) is 15.9 Å². The van der Waals surface area contributed by atoms with Crippen LogP contribution in [0.1, 0.15) is 28.3 Å². The van der Waals surface area contributed by atoms with Crippen LogP contribution in [-0.2, 0) is 19.6 Å². The minimum Gasteiger partial charge on any atom is -0.370 e. The van der Waals surface area contributed by atoms with E-state index >= 15 is 0 Å². The topological polar surface area (TPSA) is 185 Å². The van der Waals surface area contributed by atoms with Crippen LogP contribution < -0.4 is 11.5 Å². The number of H-pyrrole nitrogens is 1. The Morgan fingerprint density at radius 2 is 1.75 bits per heavy atom. The number of benzene rings is 1. The van der Waals surface area contributed by atoms with E-state index in [4.69, 9.17) is 23.1 Å². The van der Waals surface area contributed by atoms with Crippen molar-refractivity contribution in [3.8, 4) is 0 Å². The van der Waals surface area contributed by atoms with Crippen molar-refractivity contribution in [3.05, 3.63) is 52.3 Å². The first kappa shape index (κ1) is 30.1. The van der Waals surface area contributed by atoms with E-state index in [0.717, 1.165) is 21.3 Å². The summed E-state index contributed by atoms with van der Waals surface area (Å²) in [6.07, 6.45) is 0.945. The number of aryl methyl sites for hydroxylation is 1. The van der Waals surface area contributed by atoms with Gasteiger partial charge in [-0.1, -0.05) is 11.6 Å². The number of thiazole rings is 1. The second-order valence-corrected chi connectivity index (χ2v) is 12.7. The summed E-state index contributed by atoms with van der Waals surface area (Å²) in [5, 5.41) is 1.06. The molecule has 0 saturated carbocycles. The molecular formula is C24H25ClIN7O5S2. The van der Waals surface area contributed by atoms with Gasteiger partial charge in [0.05, 0.1) is 22.3 Å². The number of pyridine rings is 1. The predicted octanol–water partition coefficient (Wildman–Crippen LogP) is 2.39. The van der Waals surface area contributed by atoms with Gasteiger partial charge in [-0.25, -0.2) is 13.4 Å². The minimum atomic E-state index is -4.14. The average Bonchev–Trinajstić information content (AvgIpc) is 3.46. The van der Waals surface area contributed by atoms with E-state index in [1.165, 1.54) is 11.0 Å². The molecular weight excluding hydrogens is 693 g/mol. The molecule has 212 valence electrons. The molecule has 4 aromatic rings. The van der Waals surface area contributed by atoms with Gasteiger partial charge in [-0.05, 0) is 37.3 Å². The Bertz CT molecular complexity index is 1720. The third-order valence-corrected chi connectivity index (χ3v) is 9.48. The Morgan fingerprint density at radius 1 is 1.10 bits per heavy atom. The molecule has 0 aliphatic carbocycles. The van der Waals surface area contributed by atoms with Gasteiger partial charge >= 0.3 is 0 Å². The van der Waals surface area contributed by atoms with E-state index in [2.05, 4.69) is 15.0 Å². The molecule has 3 amide bonds. The molecule has 2 unspecified atom stereocenters. The third-order valence-electron chi connectivity index (χ3n) is 6.49. The van der Waals surface area contributed by atoms with Gasteiger partial charge in [-0.15, -0.1) is 35.3 Å². The first-order chi connectivity index (χ1) is 18.4. The standard InChI is InChI=1S/C24H24ClN7O5S2.HI/c1-12-4-18-19(9-28-12)38-23(30-18)24(35)32-15(7-20(26)33)10-31(11-16(32)8-21(27)34)39(36,37)22-6-13-5-14(25)2-3-17(13)29-22;/h2-6,9,15-16,29H,7-8,10-11H2,1H3,(H2,26,33)(H2,27,34);1H. The summed E-state index contributed by atoms with van der Waals surface area (Å²) in [6.45, 7) is 1.34. The summed E-state index contributed by atoms with van der Waals surface area (Å²) < 4.78 is 29.2. The Hall–Kier alpha value is -2.86. The summed E-state index contributed by atoms with van der Waals surface area (Å²) in [5.74, 6) is -2.03.